The first kappa shape index (κ1) is 19.0. The van der Waals surface area contributed by atoms with Crippen molar-refractivity contribution in [2.45, 2.75) is 31.2 Å². The maximum atomic E-state index is 12.6. The zero-order valence-electron chi connectivity index (χ0n) is 16.5. The highest BCUT2D eigenvalue weighted by Crippen LogP contribution is 2.42. The van der Waals surface area contributed by atoms with Crippen LogP contribution in [0.4, 0.5) is 10.5 Å². The summed E-state index contributed by atoms with van der Waals surface area (Å²) in [5.41, 5.74) is 6.69. The van der Waals surface area contributed by atoms with E-state index in [0.717, 1.165) is 36.7 Å². The molecule has 1 saturated carbocycles. The van der Waals surface area contributed by atoms with Gasteiger partial charge < -0.3 is 19.8 Å². The molecule has 3 aromatic rings. The SMILES string of the molecule is COc1ncnc(OC)c1N(CC1(n2ccc3cccnc32)CCCC1)C(N)=O. The van der Waals surface area contributed by atoms with E-state index in [-0.39, 0.29) is 17.3 Å². The summed E-state index contributed by atoms with van der Waals surface area (Å²) >= 11 is 0. The van der Waals surface area contributed by atoms with Crippen molar-refractivity contribution in [3.8, 4) is 11.8 Å². The molecule has 3 heterocycles. The van der Waals surface area contributed by atoms with Crippen LogP contribution in [0.2, 0.25) is 0 Å². The Morgan fingerprint density at radius 1 is 1.17 bits per heavy atom. The molecule has 3 aromatic heterocycles. The van der Waals surface area contributed by atoms with E-state index < -0.39 is 6.03 Å². The molecule has 0 unspecified atom stereocenters. The van der Waals surface area contributed by atoms with Gasteiger partial charge in [-0.15, -0.1) is 0 Å². The van der Waals surface area contributed by atoms with Gasteiger partial charge in [-0.25, -0.2) is 9.78 Å². The molecule has 0 bridgehead atoms. The molecule has 1 aliphatic rings. The number of hydrogen-bond donors (Lipinski definition) is 1. The molecule has 9 heteroatoms. The number of nitrogens with two attached hydrogens (primary N) is 1. The Hall–Kier alpha value is -3.36. The Morgan fingerprint density at radius 3 is 2.48 bits per heavy atom. The van der Waals surface area contributed by atoms with E-state index in [1.54, 1.807) is 6.20 Å². The number of methoxy groups -OCH3 is 2. The maximum absolute atomic E-state index is 12.6. The van der Waals surface area contributed by atoms with E-state index in [9.17, 15) is 4.79 Å². The van der Waals surface area contributed by atoms with Crippen LogP contribution in [-0.4, -0.2) is 46.3 Å². The van der Waals surface area contributed by atoms with Crippen LogP contribution in [-0.2, 0) is 5.54 Å². The van der Waals surface area contributed by atoms with Crippen molar-refractivity contribution in [1.82, 2.24) is 19.5 Å². The number of aromatic nitrogens is 4. The third kappa shape index (κ3) is 3.22. The minimum atomic E-state index is -0.618. The fourth-order valence-electron chi connectivity index (χ4n) is 4.30. The summed E-state index contributed by atoms with van der Waals surface area (Å²) in [5, 5.41) is 1.06. The first-order valence-electron chi connectivity index (χ1n) is 9.52. The van der Waals surface area contributed by atoms with Gasteiger partial charge in [0.15, 0.2) is 5.69 Å². The summed E-state index contributed by atoms with van der Waals surface area (Å²) in [4.78, 5) is 26.9. The highest BCUT2D eigenvalue weighted by Gasteiger charge is 2.41. The number of ether oxygens (including phenoxy) is 2. The lowest BCUT2D eigenvalue weighted by atomic mass is 9.96. The topological polar surface area (TPSA) is 108 Å². The van der Waals surface area contributed by atoms with Gasteiger partial charge in [0, 0.05) is 17.8 Å². The molecule has 0 aliphatic heterocycles. The molecular weight excluding hydrogens is 372 g/mol. The smallest absolute Gasteiger partial charge is 0.319 e. The molecule has 0 spiro atoms. The number of pyridine rings is 1. The first-order chi connectivity index (χ1) is 14.1. The standard InChI is InChI=1S/C20H24N6O3/c1-28-17-15(18(29-2)24-13-23-17)25(19(21)27)12-20(8-3-4-9-20)26-11-7-14-6-5-10-22-16(14)26/h5-7,10-11,13H,3-4,8-9,12H2,1-2H3,(H2,21,27). The summed E-state index contributed by atoms with van der Waals surface area (Å²) in [6, 6.07) is 5.38. The Morgan fingerprint density at radius 2 is 1.86 bits per heavy atom. The van der Waals surface area contributed by atoms with E-state index in [4.69, 9.17) is 15.2 Å². The van der Waals surface area contributed by atoms with Gasteiger partial charge in [0.1, 0.15) is 12.0 Å². The minimum absolute atomic E-state index is 0.235. The second kappa shape index (κ2) is 7.57. The van der Waals surface area contributed by atoms with Crippen molar-refractivity contribution in [2.24, 2.45) is 5.73 Å². The lowest BCUT2D eigenvalue weighted by Gasteiger charge is -2.36. The summed E-state index contributed by atoms with van der Waals surface area (Å²) in [7, 11) is 2.97. The molecule has 0 saturated heterocycles. The molecular formula is C20H24N6O3. The summed E-state index contributed by atoms with van der Waals surface area (Å²) in [5.74, 6) is 0.471. The number of rotatable bonds is 6. The Bertz CT molecular complexity index is 1010. The molecule has 1 aliphatic carbocycles. The molecule has 0 atom stereocenters. The fourth-order valence-corrected chi connectivity index (χ4v) is 4.30. The lowest BCUT2D eigenvalue weighted by molar-refractivity contribution is 0.244. The van der Waals surface area contributed by atoms with Crippen LogP contribution in [0.3, 0.4) is 0 Å². The van der Waals surface area contributed by atoms with Gasteiger partial charge in [-0.2, -0.15) is 9.97 Å². The van der Waals surface area contributed by atoms with Crippen molar-refractivity contribution in [3.05, 3.63) is 36.9 Å². The Labute approximate surface area is 168 Å². The molecule has 152 valence electrons. The summed E-state index contributed by atoms with van der Waals surface area (Å²) in [6.07, 6.45) is 9.06. The van der Waals surface area contributed by atoms with Crippen molar-refractivity contribution < 1.29 is 14.3 Å². The normalized spacial score (nSPS) is 15.4. The Kier molecular flexibility index (Phi) is 4.96. The molecule has 2 N–H and O–H groups in total. The van der Waals surface area contributed by atoms with Crippen LogP contribution in [0.5, 0.6) is 11.8 Å². The van der Waals surface area contributed by atoms with Gasteiger partial charge in [0.2, 0.25) is 11.8 Å². The van der Waals surface area contributed by atoms with Crippen LogP contribution in [0, 0.1) is 0 Å². The number of nitrogens with zero attached hydrogens (tertiary/aromatic N) is 5. The molecule has 0 radical (unpaired) electrons. The van der Waals surface area contributed by atoms with Gasteiger partial charge in [-0.05, 0) is 31.0 Å². The molecule has 9 nitrogen and oxygen atoms in total. The third-order valence-electron chi connectivity index (χ3n) is 5.62. The second-order valence-corrected chi connectivity index (χ2v) is 7.20. The monoisotopic (exact) mass is 396 g/mol. The number of primary amides is 1. The predicted octanol–water partition coefficient (Wildman–Crippen LogP) is 2.70. The number of fused-ring (bicyclic) bond motifs is 1. The van der Waals surface area contributed by atoms with Gasteiger partial charge in [0.05, 0.1) is 26.3 Å². The van der Waals surface area contributed by atoms with E-state index in [1.807, 2.05) is 24.4 Å². The largest absolute Gasteiger partial charge is 0.479 e. The number of urea groups is 1. The zero-order chi connectivity index (χ0) is 20.4. The average Bonchev–Trinajstić information content (AvgIpc) is 3.39. The van der Waals surface area contributed by atoms with Crippen molar-refractivity contribution in [1.29, 1.82) is 0 Å². The highest BCUT2D eigenvalue weighted by atomic mass is 16.5. The summed E-state index contributed by atoms with van der Waals surface area (Å²) < 4.78 is 12.9. The van der Waals surface area contributed by atoms with Gasteiger partial charge in [-0.1, -0.05) is 12.8 Å². The molecule has 4 rings (SSSR count). The molecule has 0 aromatic carbocycles. The molecule has 2 amide bonds. The number of carbonyl (C=O) groups is 1. The van der Waals surface area contributed by atoms with Crippen molar-refractivity contribution in [2.75, 3.05) is 25.7 Å². The van der Waals surface area contributed by atoms with E-state index in [2.05, 4.69) is 19.5 Å². The third-order valence-corrected chi connectivity index (χ3v) is 5.62. The van der Waals surface area contributed by atoms with E-state index in [1.165, 1.54) is 25.4 Å². The number of anilines is 1. The number of carbonyl (C=O) groups excluding carboxylic acids is 1. The fraction of sp³-hybridized carbons (Fsp3) is 0.400. The minimum Gasteiger partial charge on any atom is -0.479 e. The lowest BCUT2D eigenvalue weighted by Crippen LogP contribution is -2.48. The zero-order valence-corrected chi connectivity index (χ0v) is 16.5. The van der Waals surface area contributed by atoms with Crippen LogP contribution >= 0.6 is 0 Å². The van der Waals surface area contributed by atoms with Crippen molar-refractivity contribution >= 4 is 22.8 Å². The van der Waals surface area contributed by atoms with E-state index >= 15 is 0 Å². The first-order valence-corrected chi connectivity index (χ1v) is 9.52. The van der Waals surface area contributed by atoms with Crippen LogP contribution < -0.4 is 20.1 Å². The van der Waals surface area contributed by atoms with Gasteiger partial charge >= 0.3 is 6.03 Å². The van der Waals surface area contributed by atoms with Crippen LogP contribution in [0.25, 0.3) is 11.0 Å². The molecule has 1 fully saturated rings. The van der Waals surface area contributed by atoms with Gasteiger partial charge in [0.25, 0.3) is 0 Å². The number of hydrogen-bond acceptors (Lipinski definition) is 6. The second-order valence-electron chi connectivity index (χ2n) is 7.20. The quantitative estimate of drug-likeness (QED) is 0.686. The highest BCUT2D eigenvalue weighted by molar-refractivity contribution is 5.93. The summed E-state index contributed by atoms with van der Waals surface area (Å²) in [6.45, 7) is 0.336. The van der Waals surface area contributed by atoms with Crippen LogP contribution in [0.15, 0.2) is 36.9 Å². The Balaban J connectivity index is 1.83. The van der Waals surface area contributed by atoms with Crippen LogP contribution in [0.1, 0.15) is 25.7 Å². The number of amides is 2. The van der Waals surface area contributed by atoms with E-state index in [0.29, 0.717) is 12.2 Å². The average molecular weight is 396 g/mol. The van der Waals surface area contributed by atoms with Gasteiger partial charge in [-0.3, -0.25) is 4.90 Å². The predicted molar refractivity (Wildman–Crippen MR) is 108 cm³/mol. The van der Waals surface area contributed by atoms with Crippen molar-refractivity contribution in [3.63, 3.8) is 0 Å². The maximum Gasteiger partial charge on any atom is 0.319 e. The molecule has 29 heavy (non-hydrogen) atoms.